The fraction of sp³-hybridized carbons (Fsp3) is 0.857. The van der Waals surface area contributed by atoms with E-state index in [2.05, 4.69) is 22.1 Å². The van der Waals surface area contributed by atoms with Crippen molar-refractivity contribution >= 4 is 11.9 Å². The van der Waals surface area contributed by atoms with E-state index in [1.54, 1.807) is 4.90 Å². The van der Waals surface area contributed by atoms with Crippen molar-refractivity contribution in [2.75, 3.05) is 52.5 Å². The molecule has 3 N–H and O–H groups in total. The molecule has 0 aliphatic carbocycles. The fourth-order valence-electron chi connectivity index (χ4n) is 2.89. The van der Waals surface area contributed by atoms with Gasteiger partial charge in [0.1, 0.15) is 6.54 Å². The van der Waals surface area contributed by atoms with Gasteiger partial charge in [0.25, 0.3) is 0 Å². The number of nitrogens with zero attached hydrogens (tertiary/aromatic N) is 3. The lowest BCUT2D eigenvalue weighted by molar-refractivity contribution is -0.133. The molecule has 0 saturated carbocycles. The predicted octanol–water partition coefficient (Wildman–Crippen LogP) is -0.766. The maximum atomic E-state index is 11.9. The molecular weight excluding hydrogens is 270 g/mol. The largest absolute Gasteiger partial charge is 0.378 e. The maximum Gasteiger partial charge on any atom is 0.244 e. The van der Waals surface area contributed by atoms with Gasteiger partial charge in [0.2, 0.25) is 5.91 Å². The van der Waals surface area contributed by atoms with Crippen LogP contribution in [0.1, 0.15) is 19.8 Å². The molecule has 2 aliphatic rings. The number of nitrogens with two attached hydrogens (primary N) is 1. The molecule has 2 aliphatic heterocycles. The summed E-state index contributed by atoms with van der Waals surface area (Å²) in [5.41, 5.74) is 5.84. The van der Waals surface area contributed by atoms with Gasteiger partial charge in [0, 0.05) is 25.7 Å². The van der Waals surface area contributed by atoms with Crippen molar-refractivity contribution in [2.45, 2.75) is 25.8 Å². The van der Waals surface area contributed by atoms with E-state index >= 15 is 0 Å². The first kappa shape index (κ1) is 16.0. The monoisotopic (exact) mass is 297 g/mol. The third kappa shape index (κ3) is 4.86. The zero-order valence-electron chi connectivity index (χ0n) is 12.9. The predicted molar refractivity (Wildman–Crippen MR) is 82.2 cm³/mol. The van der Waals surface area contributed by atoms with E-state index in [1.807, 2.05) is 0 Å². The molecule has 0 bridgehead atoms. The van der Waals surface area contributed by atoms with E-state index in [9.17, 15) is 4.79 Å². The van der Waals surface area contributed by atoms with Gasteiger partial charge in [-0.05, 0) is 25.9 Å². The van der Waals surface area contributed by atoms with E-state index in [0.717, 1.165) is 19.6 Å². The molecule has 0 aromatic rings. The molecule has 1 unspecified atom stereocenters. The molecule has 0 aromatic heterocycles. The summed E-state index contributed by atoms with van der Waals surface area (Å²) in [5.74, 6) is 0.374. The molecule has 21 heavy (non-hydrogen) atoms. The summed E-state index contributed by atoms with van der Waals surface area (Å²) >= 11 is 0. The zero-order valence-corrected chi connectivity index (χ0v) is 12.9. The van der Waals surface area contributed by atoms with Crippen LogP contribution in [0.4, 0.5) is 0 Å². The van der Waals surface area contributed by atoms with Gasteiger partial charge in [-0.2, -0.15) is 0 Å². The molecule has 1 atom stereocenters. The lowest BCUT2D eigenvalue weighted by Gasteiger charge is -2.26. The summed E-state index contributed by atoms with van der Waals surface area (Å²) in [6, 6.07) is 0.527. The van der Waals surface area contributed by atoms with E-state index in [1.165, 1.54) is 12.8 Å². The minimum atomic E-state index is 0.0131. The molecule has 2 heterocycles. The first-order valence-electron chi connectivity index (χ1n) is 7.84. The Morgan fingerprint density at radius 3 is 2.86 bits per heavy atom. The van der Waals surface area contributed by atoms with Gasteiger partial charge < -0.3 is 20.7 Å². The Hall–Kier alpha value is -1.34. The summed E-state index contributed by atoms with van der Waals surface area (Å²) in [6.07, 6.45) is 2.44. The summed E-state index contributed by atoms with van der Waals surface area (Å²) < 4.78 is 5.22. The lowest BCUT2D eigenvalue weighted by Crippen LogP contribution is -2.44. The van der Waals surface area contributed by atoms with Crippen LogP contribution in [0.15, 0.2) is 4.99 Å². The number of amides is 1. The number of rotatable bonds is 5. The molecule has 0 aromatic carbocycles. The molecule has 2 rings (SSSR count). The van der Waals surface area contributed by atoms with Gasteiger partial charge >= 0.3 is 0 Å². The van der Waals surface area contributed by atoms with Crippen molar-refractivity contribution in [3.63, 3.8) is 0 Å². The van der Waals surface area contributed by atoms with Crippen LogP contribution in [-0.2, 0) is 9.53 Å². The molecule has 120 valence electrons. The van der Waals surface area contributed by atoms with E-state index in [4.69, 9.17) is 10.5 Å². The van der Waals surface area contributed by atoms with Crippen molar-refractivity contribution in [3.8, 4) is 0 Å². The number of likely N-dealkylation sites (tertiary alicyclic amines) is 1. The quantitative estimate of drug-likeness (QED) is 0.514. The second-order valence-electron chi connectivity index (χ2n) is 5.50. The Bertz CT molecular complexity index is 368. The van der Waals surface area contributed by atoms with Crippen LogP contribution in [0.25, 0.3) is 0 Å². The fourth-order valence-corrected chi connectivity index (χ4v) is 2.89. The Labute approximate surface area is 126 Å². The van der Waals surface area contributed by atoms with Crippen molar-refractivity contribution in [1.29, 1.82) is 0 Å². The topological polar surface area (TPSA) is 83.2 Å². The third-order valence-corrected chi connectivity index (χ3v) is 4.17. The van der Waals surface area contributed by atoms with Gasteiger partial charge in [-0.15, -0.1) is 0 Å². The number of carbonyl (C=O) groups is 1. The van der Waals surface area contributed by atoms with Gasteiger partial charge in [0.15, 0.2) is 5.96 Å². The van der Waals surface area contributed by atoms with Gasteiger partial charge in [-0.1, -0.05) is 6.92 Å². The van der Waals surface area contributed by atoms with Crippen LogP contribution in [0.5, 0.6) is 0 Å². The molecule has 2 fully saturated rings. The Balaban J connectivity index is 1.69. The molecule has 0 spiro atoms. The van der Waals surface area contributed by atoms with E-state index in [0.29, 0.717) is 38.3 Å². The highest BCUT2D eigenvalue weighted by Crippen LogP contribution is 2.15. The van der Waals surface area contributed by atoms with Crippen molar-refractivity contribution in [1.82, 2.24) is 15.1 Å². The zero-order chi connectivity index (χ0) is 15.1. The van der Waals surface area contributed by atoms with Crippen molar-refractivity contribution < 1.29 is 9.53 Å². The summed E-state index contributed by atoms with van der Waals surface area (Å²) in [4.78, 5) is 20.3. The number of likely N-dealkylation sites (N-methyl/N-ethyl adjacent to an activating group) is 1. The van der Waals surface area contributed by atoms with E-state index in [-0.39, 0.29) is 12.5 Å². The molecular formula is C14H27N5O2. The minimum absolute atomic E-state index is 0.0131. The normalized spacial score (nSPS) is 24.3. The summed E-state index contributed by atoms with van der Waals surface area (Å²) in [6.45, 7) is 7.83. The van der Waals surface area contributed by atoms with Gasteiger partial charge in [-0.25, -0.2) is 4.99 Å². The first-order valence-corrected chi connectivity index (χ1v) is 7.84. The summed E-state index contributed by atoms with van der Waals surface area (Å²) in [5, 5.41) is 3.14. The highest BCUT2D eigenvalue weighted by atomic mass is 16.5. The number of hydrogen-bond acceptors (Lipinski definition) is 4. The molecule has 2 saturated heterocycles. The number of aliphatic imine (C=N–C) groups is 1. The van der Waals surface area contributed by atoms with Crippen LogP contribution in [0.3, 0.4) is 0 Å². The molecule has 7 nitrogen and oxygen atoms in total. The average molecular weight is 297 g/mol. The van der Waals surface area contributed by atoms with Crippen LogP contribution in [0.2, 0.25) is 0 Å². The van der Waals surface area contributed by atoms with E-state index < -0.39 is 0 Å². The SMILES string of the molecule is CCN1CCCC1CNC(N)=NCC(=O)N1CCOCC1. The van der Waals surface area contributed by atoms with Crippen molar-refractivity contribution in [3.05, 3.63) is 0 Å². The average Bonchev–Trinajstić information content (AvgIpc) is 2.99. The highest BCUT2D eigenvalue weighted by Gasteiger charge is 2.22. The number of nitrogens with one attached hydrogen (secondary N) is 1. The lowest BCUT2D eigenvalue weighted by atomic mass is 10.2. The van der Waals surface area contributed by atoms with Crippen LogP contribution in [-0.4, -0.2) is 80.2 Å². The Morgan fingerprint density at radius 2 is 2.14 bits per heavy atom. The van der Waals surface area contributed by atoms with Crippen LogP contribution in [0, 0.1) is 0 Å². The first-order chi connectivity index (χ1) is 10.2. The number of hydrogen-bond donors (Lipinski definition) is 2. The van der Waals surface area contributed by atoms with Crippen LogP contribution < -0.4 is 11.1 Å². The number of guanidine groups is 1. The number of ether oxygens (including phenoxy) is 1. The summed E-state index contributed by atoms with van der Waals surface area (Å²) in [7, 11) is 0. The third-order valence-electron chi connectivity index (χ3n) is 4.17. The number of morpholine rings is 1. The number of carbonyl (C=O) groups excluding carboxylic acids is 1. The Morgan fingerprint density at radius 1 is 1.38 bits per heavy atom. The molecule has 1 amide bonds. The Kier molecular flexibility index (Phi) is 6.25. The highest BCUT2D eigenvalue weighted by molar-refractivity contribution is 5.84. The van der Waals surface area contributed by atoms with Gasteiger partial charge in [-0.3, -0.25) is 9.69 Å². The maximum absolute atomic E-state index is 11.9. The molecule has 0 radical (unpaired) electrons. The van der Waals surface area contributed by atoms with Crippen molar-refractivity contribution in [2.24, 2.45) is 10.7 Å². The molecule has 7 heteroatoms. The van der Waals surface area contributed by atoms with Crippen LogP contribution >= 0.6 is 0 Å². The second kappa shape index (κ2) is 8.19. The standard InChI is InChI=1S/C14H27N5O2/c1-2-18-5-3-4-12(18)10-16-14(15)17-11-13(20)19-6-8-21-9-7-19/h12H,2-11H2,1H3,(H3,15,16,17). The second-order valence-corrected chi connectivity index (χ2v) is 5.50. The minimum Gasteiger partial charge on any atom is -0.378 e. The van der Waals surface area contributed by atoms with Gasteiger partial charge in [0.05, 0.1) is 13.2 Å². The smallest absolute Gasteiger partial charge is 0.244 e.